The Kier molecular flexibility index (Phi) is 3.89. The van der Waals surface area contributed by atoms with E-state index in [1.165, 1.54) is 28.0 Å². The van der Waals surface area contributed by atoms with Crippen LogP contribution in [0.3, 0.4) is 0 Å². The molecular formula is C30H30N4. The highest BCUT2D eigenvalue weighted by Crippen LogP contribution is 2.77. The third kappa shape index (κ3) is 2.30. The standard InChI is InChI=1S/C30H30N4/c1-18-10-8-9-11-23(18)34-26-25(15-13-21(17-31)32-26)33-24-14-12-20(28(3,4)5)16-22(24)29(6)19(2)30(29,7)27(33)34/h8-16,27H,2H2,1,3-7H3. The molecule has 0 bridgehead atoms. The lowest BCUT2D eigenvalue weighted by atomic mass is 9.77. The maximum atomic E-state index is 9.64. The lowest BCUT2D eigenvalue weighted by Crippen LogP contribution is -2.50. The maximum Gasteiger partial charge on any atom is 0.160 e. The van der Waals surface area contributed by atoms with E-state index in [1.807, 2.05) is 6.07 Å². The number of aryl methyl sites for hydroxylation is 1. The van der Waals surface area contributed by atoms with Gasteiger partial charge in [-0.05, 0) is 53.3 Å². The highest BCUT2D eigenvalue weighted by Gasteiger charge is 2.76. The molecule has 3 unspecified atom stereocenters. The first-order valence-corrected chi connectivity index (χ1v) is 11.9. The van der Waals surface area contributed by atoms with Crippen LogP contribution in [0.15, 0.2) is 66.7 Å². The summed E-state index contributed by atoms with van der Waals surface area (Å²) < 4.78 is 0. The van der Waals surface area contributed by atoms with Crippen molar-refractivity contribution >= 4 is 22.9 Å². The Balaban J connectivity index is 1.68. The van der Waals surface area contributed by atoms with E-state index in [9.17, 15) is 5.26 Å². The fraction of sp³-hybridized carbons (Fsp3) is 0.333. The monoisotopic (exact) mass is 446 g/mol. The highest BCUT2D eigenvalue weighted by molar-refractivity contribution is 5.93. The summed E-state index contributed by atoms with van der Waals surface area (Å²) >= 11 is 0. The number of pyridine rings is 1. The van der Waals surface area contributed by atoms with Crippen LogP contribution in [0.1, 0.15) is 57.0 Å². The Morgan fingerprint density at radius 1 is 0.971 bits per heavy atom. The van der Waals surface area contributed by atoms with Crippen LogP contribution in [0.5, 0.6) is 0 Å². The van der Waals surface area contributed by atoms with Crippen molar-refractivity contribution in [3.8, 4) is 6.07 Å². The van der Waals surface area contributed by atoms with E-state index in [-0.39, 0.29) is 22.4 Å². The number of nitriles is 1. The average Bonchev–Trinajstić information content (AvgIpc) is 3.11. The first-order valence-electron chi connectivity index (χ1n) is 11.9. The number of benzene rings is 2. The van der Waals surface area contributed by atoms with Crippen molar-refractivity contribution in [3.05, 3.63) is 89.1 Å². The number of rotatable bonds is 1. The molecule has 1 saturated carbocycles. The summed E-state index contributed by atoms with van der Waals surface area (Å²) in [5.41, 5.74) is 8.68. The molecule has 3 atom stereocenters. The lowest BCUT2D eigenvalue weighted by molar-refractivity contribution is 0.376. The Morgan fingerprint density at radius 2 is 1.68 bits per heavy atom. The molecule has 0 amide bonds. The van der Waals surface area contributed by atoms with E-state index in [2.05, 4.69) is 113 Å². The minimum absolute atomic E-state index is 0.00414. The van der Waals surface area contributed by atoms with Crippen molar-refractivity contribution < 1.29 is 0 Å². The Labute approximate surface area is 202 Å². The fourth-order valence-electron chi connectivity index (χ4n) is 6.36. The molecule has 1 fully saturated rings. The molecule has 1 aliphatic carbocycles. The van der Waals surface area contributed by atoms with Crippen molar-refractivity contribution in [3.63, 3.8) is 0 Å². The molecule has 170 valence electrons. The summed E-state index contributed by atoms with van der Waals surface area (Å²) in [5, 5.41) is 9.64. The second kappa shape index (κ2) is 6.30. The van der Waals surface area contributed by atoms with E-state index in [0.717, 1.165) is 17.2 Å². The van der Waals surface area contributed by atoms with Gasteiger partial charge in [0, 0.05) is 22.2 Å². The van der Waals surface area contributed by atoms with Gasteiger partial charge in [-0.1, -0.05) is 77.1 Å². The molecule has 0 N–H and O–H groups in total. The molecule has 6 rings (SSSR count). The molecule has 34 heavy (non-hydrogen) atoms. The second-order valence-corrected chi connectivity index (χ2v) is 11.3. The van der Waals surface area contributed by atoms with Crippen molar-refractivity contribution in [2.24, 2.45) is 5.41 Å². The molecule has 2 aliphatic heterocycles. The van der Waals surface area contributed by atoms with Gasteiger partial charge < -0.3 is 9.80 Å². The maximum absolute atomic E-state index is 9.64. The number of fused-ring (bicyclic) bond motifs is 8. The van der Waals surface area contributed by atoms with Crippen molar-refractivity contribution in [1.82, 2.24) is 4.98 Å². The summed E-state index contributed by atoms with van der Waals surface area (Å²) in [6.07, 6.45) is -0.00414. The first kappa shape index (κ1) is 21.0. The zero-order valence-electron chi connectivity index (χ0n) is 20.8. The number of anilines is 4. The molecule has 0 radical (unpaired) electrons. The summed E-state index contributed by atoms with van der Waals surface area (Å²) in [7, 11) is 0. The molecule has 1 aromatic heterocycles. The van der Waals surface area contributed by atoms with Gasteiger partial charge in [-0.15, -0.1) is 0 Å². The summed E-state index contributed by atoms with van der Waals surface area (Å²) in [6, 6.07) is 21.5. The van der Waals surface area contributed by atoms with Crippen LogP contribution in [0.2, 0.25) is 0 Å². The molecular weight excluding hydrogens is 416 g/mol. The van der Waals surface area contributed by atoms with Crippen LogP contribution in [-0.2, 0) is 10.8 Å². The van der Waals surface area contributed by atoms with Crippen molar-refractivity contribution in [2.45, 2.75) is 58.5 Å². The molecule has 0 spiro atoms. The van der Waals surface area contributed by atoms with Crippen LogP contribution in [-0.4, -0.2) is 11.1 Å². The minimum Gasteiger partial charge on any atom is -0.316 e. The Hall–Kier alpha value is -3.58. The fourth-order valence-corrected chi connectivity index (χ4v) is 6.36. The van der Waals surface area contributed by atoms with Crippen LogP contribution in [0.25, 0.3) is 0 Å². The van der Waals surface area contributed by atoms with Gasteiger partial charge in [-0.3, -0.25) is 0 Å². The molecule has 4 nitrogen and oxygen atoms in total. The topological polar surface area (TPSA) is 43.2 Å². The Bertz CT molecular complexity index is 1440. The van der Waals surface area contributed by atoms with E-state index < -0.39 is 0 Å². The van der Waals surface area contributed by atoms with E-state index in [1.54, 1.807) is 0 Å². The minimum atomic E-state index is -0.174. The third-order valence-corrected chi connectivity index (χ3v) is 8.70. The first-order chi connectivity index (χ1) is 16.0. The predicted molar refractivity (Wildman–Crippen MR) is 138 cm³/mol. The van der Waals surface area contributed by atoms with Gasteiger partial charge in [0.1, 0.15) is 17.9 Å². The molecule has 3 heterocycles. The third-order valence-electron chi connectivity index (χ3n) is 8.70. The smallest absolute Gasteiger partial charge is 0.160 e. The van der Waals surface area contributed by atoms with E-state index in [0.29, 0.717) is 5.69 Å². The van der Waals surface area contributed by atoms with Gasteiger partial charge in [-0.25, -0.2) is 4.98 Å². The van der Waals surface area contributed by atoms with Crippen LogP contribution in [0.4, 0.5) is 22.9 Å². The highest BCUT2D eigenvalue weighted by atomic mass is 15.5. The van der Waals surface area contributed by atoms with E-state index in [4.69, 9.17) is 4.98 Å². The number of nitrogens with zero attached hydrogens (tertiary/aromatic N) is 4. The van der Waals surface area contributed by atoms with Gasteiger partial charge in [0.15, 0.2) is 5.82 Å². The molecule has 2 aromatic carbocycles. The molecule has 4 heteroatoms. The zero-order chi connectivity index (χ0) is 24.2. The SMILES string of the molecule is C=C1C2(C)c3cc(C(C)(C)C)ccc3N3c4ccc(C#N)nc4N(c4ccccc4C)C3C12C. The normalized spacial score (nSPS) is 26.4. The number of aromatic nitrogens is 1. The largest absolute Gasteiger partial charge is 0.316 e. The van der Waals surface area contributed by atoms with Crippen LogP contribution in [0, 0.1) is 23.7 Å². The lowest BCUT2D eigenvalue weighted by Gasteiger charge is -2.44. The van der Waals surface area contributed by atoms with Gasteiger partial charge in [0.05, 0.1) is 5.69 Å². The number of hydrogen-bond donors (Lipinski definition) is 0. The van der Waals surface area contributed by atoms with Crippen LogP contribution < -0.4 is 9.80 Å². The van der Waals surface area contributed by atoms with Crippen LogP contribution >= 0.6 is 0 Å². The number of hydrogen-bond acceptors (Lipinski definition) is 4. The van der Waals surface area contributed by atoms with Gasteiger partial charge in [-0.2, -0.15) is 5.26 Å². The molecule has 3 aromatic rings. The van der Waals surface area contributed by atoms with Crippen molar-refractivity contribution in [1.29, 1.82) is 5.26 Å². The predicted octanol–water partition coefficient (Wildman–Crippen LogP) is 7.02. The average molecular weight is 447 g/mol. The molecule has 0 saturated heterocycles. The molecule has 3 aliphatic rings. The number of para-hydroxylation sites is 1. The quantitative estimate of drug-likeness (QED) is 0.377. The van der Waals surface area contributed by atoms with Gasteiger partial charge >= 0.3 is 0 Å². The summed E-state index contributed by atoms with van der Waals surface area (Å²) in [6.45, 7) is 18.3. The second-order valence-electron chi connectivity index (χ2n) is 11.3. The summed E-state index contributed by atoms with van der Waals surface area (Å²) in [5.74, 6) is 0.842. The van der Waals surface area contributed by atoms with Gasteiger partial charge in [0.2, 0.25) is 0 Å². The van der Waals surface area contributed by atoms with Crippen molar-refractivity contribution in [2.75, 3.05) is 9.80 Å². The summed E-state index contributed by atoms with van der Waals surface area (Å²) in [4.78, 5) is 9.64. The van der Waals surface area contributed by atoms with E-state index >= 15 is 0 Å². The Morgan fingerprint density at radius 3 is 2.35 bits per heavy atom. The van der Waals surface area contributed by atoms with Gasteiger partial charge in [0.25, 0.3) is 0 Å². The zero-order valence-corrected chi connectivity index (χ0v) is 20.8.